The van der Waals surface area contributed by atoms with Gasteiger partial charge in [0.25, 0.3) is 0 Å². The second-order valence-corrected chi connectivity index (χ2v) is 12.6. The van der Waals surface area contributed by atoms with E-state index < -0.39 is 11.7 Å². The number of piperidine rings is 1. The Morgan fingerprint density at radius 3 is 2.60 bits per heavy atom. The molecule has 6 rings (SSSR count). The Morgan fingerprint density at radius 2 is 1.88 bits per heavy atom. The molecule has 40 heavy (non-hydrogen) atoms. The van der Waals surface area contributed by atoms with E-state index in [2.05, 4.69) is 28.9 Å². The van der Waals surface area contributed by atoms with Crippen molar-refractivity contribution in [1.82, 2.24) is 14.9 Å². The molecule has 2 aliphatic heterocycles. The highest BCUT2D eigenvalue weighted by Gasteiger charge is 2.47. The summed E-state index contributed by atoms with van der Waals surface area (Å²) in [4.78, 5) is 26.3. The Morgan fingerprint density at radius 1 is 1.12 bits per heavy atom. The van der Waals surface area contributed by atoms with Gasteiger partial charge in [-0.25, -0.2) is 19.2 Å². The van der Waals surface area contributed by atoms with Gasteiger partial charge < -0.3 is 19.6 Å². The first kappa shape index (κ1) is 26.7. The predicted octanol–water partition coefficient (Wildman–Crippen LogP) is 6.17. The lowest BCUT2D eigenvalue weighted by atomic mass is 9.73. The molecule has 3 aliphatic rings. The summed E-state index contributed by atoms with van der Waals surface area (Å²) in [6.45, 7) is 9.79. The van der Waals surface area contributed by atoms with Crippen LogP contribution < -0.4 is 4.90 Å². The number of likely N-dealkylation sites (tertiary alicyclic amines) is 1. The van der Waals surface area contributed by atoms with Crippen LogP contribution in [-0.4, -0.2) is 51.3 Å². The molecule has 1 aliphatic carbocycles. The van der Waals surface area contributed by atoms with E-state index in [0.29, 0.717) is 24.6 Å². The third kappa shape index (κ3) is 4.72. The van der Waals surface area contributed by atoms with Gasteiger partial charge in [0.05, 0.1) is 0 Å². The summed E-state index contributed by atoms with van der Waals surface area (Å²) in [6, 6.07) is 12.2. The molecule has 2 atom stereocenters. The van der Waals surface area contributed by atoms with Crippen molar-refractivity contribution in [2.24, 2.45) is 0 Å². The first-order chi connectivity index (χ1) is 19.0. The van der Waals surface area contributed by atoms with Crippen LogP contribution in [0.5, 0.6) is 0 Å². The van der Waals surface area contributed by atoms with E-state index in [1.165, 1.54) is 17.7 Å². The van der Waals surface area contributed by atoms with Crippen molar-refractivity contribution in [1.29, 1.82) is 0 Å². The molecule has 1 amide bonds. The number of anilines is 2. The van der Waals surface area contributed by atoms with E-state index >= 15 is 0 Å². The largest absolute Gasteiger partial charge is 0.444 e. The van der Waals surface area contributed by atoms with E-state index in [1.807, 2.05) is 26.8 Å². The van der Waals surface area contributed by atoms with Crippen LogP contribution in [0.15, 0.2) is 48.8 Å². The Kier molecular flexibility index (Phi) is 6.56. The second-order valence-electron chi connectivity index (χ2n) is 12.6. The Bertz CT molecular complexity index is 1440. The molecule has 0 saturated carbocycles. The van der Waals surface area contributed by atoms with Gasteiger partial charge in [0.2, 0.25) is 0 Å². The van der Waals surface area contributed by atoms with Crippen molar-refractivity contribution in [3.63, 3.8) is 0 Å². The first-order valence-electron chi connectivity index (χ1n) is 14.2. The number of carbonyl (C=O) groups excluding carboxylic acids is 1. The number of halogens is 1. The lowest BCUT2D eigenvalue weighted by Gasteiger charge is -2.40. The highest BCUT2D eigenvalue weighted by Crippen LogP contribution is 2.52. The molecule has 0 radical (unpaired) electrons. The maximum absolute atomic E-state index is 14.0. The van der Waals surface area contributed by atoms with Crippen molar-refractivity contribution >= 4 is 17.6 Å². The van der Waals surface area contributed by atoms with E-state index in [9.17, 15) is 14.3 Å². The molecule has 0 bridgehead atoms. The van der Waals surface area contributed by atoms with Crippen LogP contribution in [0, 0.1) is 5.82 Å². The number of fused-ring (bicyclic) bond motifs is 3. The summed E-state index contributed by atoms with van der Waals surface area (Å²) in [6.07, 6.45) is 3.99. The molecule has 1 saturated heterocycles. The molecule has 2 aromatic carbocycles. The van der Waals surface area contributed by atoms with Crippen LogP contribution in [0.1, 0.15) is 86.9 Å². The number of aliphatic hydroxyl groups excluding tert-OH is 1. The van der Waals surface area contributed by atoms with Crippen LogP contribution >= 0.6 is 0 Å². The minimum Gasteiger partial charge on any atom is -0.444 e. The number of aryl methyl sites for hydroxylation is 1. The zero-order chi connectivity index (χ0) is 28.2. The molecule has 7 nitrogen and oxygen atoms in total. The average Bonchev–Trinajstić information content (AvgIpc) is 3.45. The summed E-state index contributed by atoms with van der Waals surface area (Å²) in [5.74, 6) is 0.969. The lowest BCUT2D eigenvalue weighted by Crippen LogP contribution is -2.48. The van der Waals surface area contributed by atoms with Crippen LogP contribution in [-0.2, 0) is 16.6 Å². The van der Waals surface area contributed by atoms with Crippen LogP contribution in [0.25, 0.3) is 0 Å². The van der Waals surface area contributed by atoms with Gasteiger partial charge in [-0.05, 0) is 87.3 Å². The van der Waals surface area contributed by atoms with Gasteiger partial charge in [-0.3, -0.25) is 0 Å². The maximum atomic E-state index is 14.0. The topological polar surface area (TPSA) is 78.8 Å². The standard InChI is InChI=1S/C32H37FN4O3/c1-20-8-10-25-27(20)29(35-19-34-25)37-18-32(12-14-36(15-13-32)30(39)40-31(2,3)4)24-17-22(9-11-26(24)37)28(38)21-6-5-7-23(33)16-21/h5-7,9,11,16-17,19-20,28,38H,8,10,12-15,18H2,1-4H3/t20-,28?/m1/s1. The number of hydrogen-bond acceptors (Lipinski definition) is 6. The van der Waals surface area contributed by atoms with E-state index in [4.69, 9.17) is 9.72 Å². The second kappa shape index (κ2) is 9.84. The third-order valence-corrected chi connectivity index (χ3v) is 8.70. The summed E-state index contributed by atoms with van der Waals surface area (Å²) in [5.41, 5.74) is 5.02. The molecule has 1 N–H and O–H groups in total. The van der Waals surface area contributed by atoms with Gasteiger partial charge >= 0.3 is 6.09 Å². The monoisotopic (exact) mass is 544 g/mol. The van der Waals surface area contributed by atoms with Gasteiger partial charge in [0.1, 0.15) is 29.7 Å². The minimum absolute atomic E-state index is 0.231. The van der Waals surface area contributed by atoms with Gasteiger partial charge in [-0.2, -0.15) is 0 Å². The predicted molar refractivity (Wildman–Crippen MR) is 151 cm³/mol. The molecule has 210 valence electrons. The number of nitrogens with zero attached hydrogens (tertiary/aromatic N) is 4. The van der Waals surface area contributed by atoms with Gasteiger partial charge in [0.15, 0.2) is 0 Å². The van der Waals surface area contributed by atoms with Crippen LogP contribution in [0.2, 0.25) is 0 Å². The number of aliphatic hydroxyl groups is 1. The lowest BCUT2D eigenvalue weighted by molar-refractivity contribution is 0.0171. The molecule has 3 heterocycles. The Labute approximate surface area is 235 Å². The number of benzene rings is 2. The number of aromatic nitrogens is 2. The summed E-state index contributed by atoms with van der Waals surface area (Å²) in [5, 5.41) is 11.2. The first-order valence-corrected chi connectivity index (χ1v) is 14.2. The quantitative estimate of drug-likeness (QED) is 0.425. The molecule has 1 spiro atoms. The maximum Gasteiger partial charge on any atom is 0.410 e. The summed E-state index contributed by atoms with van der Waals surface area (Å²) < 4.78 is 19.6. The van der Waals surface area contributed by atoms with Crippen molar-refractivity contribution < 1.29 is 19.0 Å². The number of amides is 1. The summed E-state index contributed by atoms with van der Waals surface area (Å²) >= 11 is 0. The number of carbonyl (C=O) groups is 1. The molecule has 1 unspecified atom stereocenters. The number of rotatable bonds is 3. The molecule has 1 aromatic heterocycles. The minimum atomic E-state index is -0.947. The van der Waals surface area contributed by atoms with Crippen LogP contribution in [0.3, 0.4) is 0 Å². The SMILES string of the molecule is C[C@@H]1CCc2ncnc(N3CC4(CCN(C(=O)OC(C)(C)C)CC4)c4cc(C(O)c5cccc(F)c5)ccc43)c21. The number of hydrogen-bond donors (Lipinski definition) is 1. The van der Waals surface area contributed by atoms with Crippen molar-refractivity contribution in [3.8, 4) is 0 Å². The highest BCUT2D eigenvalue weighted by atomic mass is 19.1. The average molecular weight is 545 g/mol. The molecular weight excluding hydrogens is 507 g/mol. The molecule has 1 fully saturated rings. The summed E-state index contributed by atoms with van der Waals surface area (Å²) in [7, 11) is 0. The normalized spacial score (nSPS) is 20.4. The Hall–Kier alpha value is -3.52. The van der Waals surface area contributed by atoms with Gasteiger partial charge in [-0.1, -0.05) is 31.2 Å². The van der Waals surface area contributed by atoms with Crippen molar-refractivity contribution in [2.45, 2.75) is 76.4 Å². The smallest absolute Gasteiger partial charge is 0.410 e. The van der Waals surface area contributed by atoms with Crippen molar-refractivity contribution in [3.05, 3.63) is 82.6 Å². The molecular formula is C32H37FN4O3. The molecule has 8 heteroatoms. The third-order valence-electron chi connectivity index (χ3n) is 8.70. The fourth-order valence-corrected chi connectivity index (χ4v) is 6.62. The zero-order valence-electron chi connectivity index (χ0n) is 23.7. The van der Waals surface area contributed by atoms with Crippen molar-refractivity contribution in [2.75, 3.05) is 24.5 Å². The van der Waals surface area contributed by atoms with E-state index in [-0.39, 0.29) is 17.3 Å². The zero-order valence-corrected chi connectivity index (χ0v) is 23.7. The fraction of sp³-hybridized carbons (Fsp3) is 0.469. The van der Waals surface area contributed by atoms with E-state index in [1.54, 1.807) is 23.4 Å². The van der Waals surface area contributed by atoms with Gasteiger partial charge in [0, 0.05) is 42.0 Å². The highest BCUT2D eigenvalue weighted by molar-refractivity contribution is 5.75. The van der Waals surface area contributed by atoms with E-state index in [0.717, 1.165) is 60.6 Å². The van der Waals surface area contributed by atoms with Crippen LogP contribution in [0.4, 0.5) is 20.7 Å². The van der Waals surface area contributed by atoms with Gasteiger partial charge in [-0.15, -0.1) is 0 Å². The fourth-order valence-electron chi connectivity index (χ4n) is 6.62. The Balaban J connectivity index is 1.38. The number of ether oxygens (including phenoxy) is 1. The molecule has 3 aromatic rings.